The van der Waals surface area contributed by atoms with Crippen molar-refractivity contribution in [3.63, 3.8) is 0 Å². The highest BCUT2D eigenvalue weighted by atomic mass is 32.1. The van der Waals surface area contributed by atoms with Gasteiger partial charge in [-0.1, -0.05) is 18.2 Å². The van der Waals surface area contributed by atoms with Crippen LogP contribution >= 0.6 is 11.3 Å². The van der Waals surface area contributed by atoms with E-state index in [1.54, 1.807) is 6.07 Å². The van der Waals surface area contributed by atoms with Crippen molar-refractivity contribution in [2.45, 2.75) is 20.8 Å². The number of carbonyl (C=O) groups excluding carboxylic acids is 1. The molecule has 5 nitrogen and oxygen atoms in total. The standard InChI is InChI=1S/C16H16N4OS/c1-10-6-4-5-7-14(10)20-15(21)13(8-17)9-18-16-19-11(2)12(3)22-16/h4-7,9H,1-3H3,(H,18,19)(H,20,21)/b13-9-. The van der Waals surface area contributed by atoms with Crippen LogP contribution in [0.5, 0.6) is 0 Å². The Morgan fingerprint density at radius 1 is 1.32 bits per heavy atom. The number of anilines is 2. The summed E-state index contributed by atoms with van der Waals surface area (Å²) < 4.78 is 0. The molecule has 0 saturated carbocycles. The van der Waals surface area contributed by atoms with Gasteiger partial charge >= 0.3 is 0 Å². The van der Waals surface area contributed by atoms with Gasteiger partial charge in [0.25, 0.3) is 5.91 Å². The average molecular weight is 312 g/mol. The van der Waals surface area contributed by atoms with Crippen molar-refractivity contribution < 1.29 is 4.79 Å². The number of amides is 1. The molecule has 0 spiro atoms. The number of para-hydroxylation sites is 1. The highest BCUT2D eigenvalue weighted by Crippen LogP contribution is 2.21. The molecule has 1 aromatic heterocycles. The highest BCUT2D eigenvalue weighted by molar-refractivity contribution is 7.15. The van der Waals surface area contributed by atoms with Crippen LogP contribution < -0.4 is 10.6 Å². The maximum absolute atomic E-state index is 12.1. The Morgan fingerprint density at radius 3 is 2.64 bits per heavy atom. The molecule has 6 heteroatoms. The summed E-state index contributed by atoms with van der Waals surface area (Å²) >= 11 is 1.48. The zero-order chi connectivity index (χ0) is 16.1. The zero-order valence-electron chi connectivity index (χ0n) is 12.6. The molecule has 1 heterocycles. The first-order valence-corrected chi connectivity index (χ1v) is 7.50. The van der Waals surface area contributed by atoms with Crippen molar-refractivity contribution in [2.75, 3.05) is 10.6 Å². The van der Waals surface area contributed by atoms with E-state index in [2.05, 4.69) is 15.6 Å². The lowest BCUT2D eigenvalue weighted by Crippen LogP contribution is -2.15. The molecule has 0 aliphatic rings. The van der Waals surface area contributed by atoms with Gasteiger partial charge in [-0.2, -0.15) is 5.26 Å². The number of nitrogens with one attached hydrogen (secondary N) is 2. The summed E-state index contributed by atoms with van der Waals surface area (Å²) in [6, 6.07) is 9.31. The van der Waals surface area contributed by atoms with Gasteiger partial charge < -0.3 is 10.6 Å². The number of thiazole rings is 1. The van der Waals surface area contributed by atoms with Crippen LogP contribution in [0.4, 0.5) is 10.8 Å². The number of carbonyl (C=O) groups is 1. The molecule has 0 bridgehead atoms. The number of nitriles is 1. The van der Waals surface area contributed by atoms with E-state index < -0.39 is 5.91 Å². The van der Waals surface area contributed by atoms with Crippen molar-refractivity contribution in [1.82, 2.24) is 4.98 Å². The van der Waals surface area contributed by atoms with Crippen LogP contribution in [0.15, 0.2) is 36.0 Å². The van der Waals surface area contributed by atoms with Gasteiger partial charge in [0.1, 0.15) is 11.6 Å². The molecule has 0 fully saturated rings. The molecule has 0 atom stereocenters. The summed E-state index contributed by atoms with van der Waals surface area (Å²) in [5.41, 5.74) is 2.55. The first-order valence-electron chi connectivity index (χ1n) is 6.69. The lowest BCUT2D eigenvalue weighted by molar-refractivity contribution is -0.112. The van der Waals surface area contributed by atoms with Crippen LogP contribution in [0.25, 0.3) is 0 Å². The second-order valence-corrected chi connectivity index (χ2v) is 5.95. The van der Waals surface area contributed by atoms with Gasteiger partial charge in [-0.3, -0.25) is 4.79 Å². The Morgan fingerprint density at radius 2 is 2.05 bits per heavy atom. The predicted molar refractivity (Wildman–Crippen MR) is 88.7 cm³/mol. The SMILES string of the molecule is Cc1ccccc1NC(=O)/C(C#N)=C\Nc1nc(C)c(C)s1. The molecule has 1 aromatic carbocycles. The molecule has 0 saturated heterocycles. The summed E-state index contributed by atoms with van der Waals surface area (Å²) in [4.78, 5) is 17.5. The van der Waals surface area contributed by atoms with E-state index in [1.807, 2.05) is 45.0 Å². The lowest BCUT2D eigenvalue weighted by atomic mass is 10.2. The molecule has 2 aromatic rings. The number of aromatic nitrogens is 1. The first kappa shape index (κ1) is 15.7. The third-order valence-corrected chi connectivity index (χ3v) is 4.13. The fourth-order valence-electron chi connectivity index (χ4n) is 1.72. The van der Waals surface area contributed by atoms with Crippen molar-refractivity contribution in [1.29, 1.82) is 5.26 Å². The van der Waals surface area contributed by atoms with Crippen LogP contribution in [0.1, 0.15) is 16.1 Å². The minimum absolute atomic E-state index is 0.00578. The zero-order valence-corrected chi connectivity index (χ0v) is 13.4. The minimum Gasteiger partial charge on any atom is -0.337 e. The van der Waals surface area contributed by atoms with E-state index in [-0.39, 0.29) is 5.57 Å². The Kier molecular flexibility index (Phi) is 4.92. The van der Waals surface area contributed by atoms with Crippen LogP contribution in [0.2, 0.25) is 0 Å². The molecule has 22 heavy (non-hydrogen) atoms. The molecule has 1 amide bonds. The third kappa shape index (κ3) is 3.71. The van der Waals surface area contributed by atoms with Crippen LogP contribution in [0, 0.1) is 32.1 Å². The molecule has 2 rings (SSSR count). The number of benzene rings is 1. The Balaban J connectivity index is 2.10. The predicted octanol–water partition coefficient (Wildman–Crippen LogP) is 3.53. The first-order chi connectivity index (χ1) is 10.5. The third-order valence-electron chi connectivity index (χ3n) is 3.13. The lowest BCUT2D eigenvalue weighted by Gasteiger charge is -2.07. The monoisotopic (exact) mass is 312 g/mol. The van der Waals surface area contributed by atoms with E-state index in [1.165, 1.54) is 17.5 Å². The minimum atomic E-state index is -0.450. The van der Waals surface area contributed by atoms with Crippen molar-refractivity contribution in [3.05, 3.63) is 52.2 Å². The molecule has 0 aliphatic carbocycles. The fraction of sp³-hybridized carbons (Fsp3) is 0.188. The molecule has 0 unspecified atom stereocenters. The molecule has 2 N–H and O–H groups in total. The van der Waals surface area contributed by atoms with Gasteiger partial charge in [-0.25, -0.2) is 4.98 Å². The maximum Gasteiger partial charge on any atom is 0.267 e. The highest BCUT2D eigenvalue weighted by Gasteiger charge is 2.11. The summed E-state index contributed by atoms with van der Waals surface area (Å²) in [5, 5.41) is 15.4. The smallest absolute Gasteiger partial charge is 0.267 e. The molecule has 112 valence electrons. The number of hydrogen-bond acceptors (Lipinski definition) is 5. The van der Waals surface area contributed by atoms with E-state index >= 15 is 0 Å². The fourth-order valence-corrected chi connectivity index (χ4v) is 2.50. The van der Waals surface area contributed by atoms with Gasteiger partial charge in [0.05, 0.1) is 5.69 Å². The second kappa shape index (κ2) is 6.87. The quantitative estimate of drug-likeness (QED) is 0.669. The molecule has 0 aliphatic heterocycles. The van der Waals surface area contributed by atoms with Gasteiger partial charge in [0.2, 0.25) is 0 Å². The number of nitrogens with zero attached hydrogens (tertiary/aromatic N) is 2. The van der Waals surface area contributed by atoms with Crippen molar-refractivity contribution >= 4 is 28.1 Å². The Bertz CT molecular complexity index is 751. The summed E-state index contributed by atoms with van der Waals surface area (Å²) in [5.74, 6) is -0.450. The largest absolute Gasteiger partial charge is 0.337 e. The maximum atomic E-state index is 12.1. The summed E-state index contributed by atoms with van der Waals surface area (Å²) in [7, 11) is 0. The molecular weight excluding hydrogens is 296 g/mol. The average Bonchev–Trinajstić information content (AvgIpc) is 2.81. The molecule has 0 radical (unpaired) electrons. The molecular formula is C16H16N4OS. The number of hydrogen-bond donors (Lipinski definition) is 2. The topological polar surface area (TPSA) is 77.8 Å². The van der Waals surface area contributed by atoms with E-state index in [9.17, 15) is 4.79 Å². The Labute approximate surface area is 133 Å². The summed E-state index contributed by atoms with van der Waals surface area (Å²) in [6.45, 7) is 5.78. The van der Waals surface area contributed by atoms with Gasteiger partial charge in [0, 0.05) is 16.8 Å². The summed E-state index contributed by atoms with van der Waals surface area (Å²) in [6.07, 6.45) is 1.38. The van der Waals surface area contributed by atoms with E-state index in [0.717, 1.165) is 16.1 Å². The second-order valence-electron chi connectivity index (χ2n) is 4.74. The van der Waals surface area contributed by atoms with Crippen LogP contribution in [-0.4, -0.2) is 10.9 Å². The van der Waals surface area contributed by atoms with E-state index in [0.29, 0.717) is 10.8 Å². The van der Waals surface area contributed by atoms with Crippen LogP contribution in [-0.2, 0) is 4.79 Å². The van der Waals surface area contributed by atoms with Crippen molar-refractivity contribution in [3.8, 4) is 6.07 Å². The van der Waals surface area contributed by atoms with Crippen molar-refractivity contribution in [2.24, 2.45) is 0 Å². The normalized spacial score (nSPS) is 10.9. The van der Waals surface area contributed by atoms with Gasteiger partial charge in [-0.05, 0) is 32.4 Å². The number of aryl methyl sites for hydroxylation is 3. The van der Waals surface area contributed by atoms with Crippen LogP contribution in [0.3, 0.4) is 0 Å². The van der Waals surface area contributed by atoms with Gasteiger partial charge in [-0.15, -0.1) is 11.3 Å². The number of rotatable bonds is 4. The van der Waals surface area contributed by atoms with Gasteiger partial charge in [0.15, 0.2) is 5.13 Å². The Hall–Kier alpha value is -2.65. The van der Waals surface area contributed by atoms with E-state index in [4.69, 9.17) is 5.26 Å².